The highest BCUT2D eigenvalue weighted by Crippen LogP contribution is 2.44. The molecule has 1 aromatic heterocycles. The third-order valence-electron chi connectivity index (χ3n) is 5.90. The molecule has 2 unspecified atom stereocenters. The Morgan fingerprint density at radius 3 is 2.67 bits per heavy atom. The average molecular weight is 417 g/mol. The number of ketones is 1. The maximum absolute atomic E-state index is 13.1. The van der Waals surface area contributed by atoms with E-state index in [-0.39, 0.29) is 29.5 Å². The van der Waals surface area contributed by atoms with Gasteiger partial charge in [-0.25, -0.2) is 4.98 Å². The molecule has 0 aliphatic heterocycles. The highest BCUT2D eigenvalue weighted by atomic mass is 16.6. The molecule has 164 valence electrons. The second-order valence-corrected chi connectivity index (χ2v) is 7.98. The second-order valence-electron chi connectivity index (χ2n) is 7.98. The molecular formula is C23H32N2O5. The predicted molar refractivity (Wildman–Crippen MR) is 114 cm³/mol. The van der Waals surface area contributed by atoms with E-state index in [4.69, 9.17) is 9.57 Å². The van der Waals surface area contributed by atoms with E-state index in [9.17, 15) is 15.0 Å². The van der Waals surface area contributed by atoms with E-state index in [0.29, 0.717) is 37.5 Å². The number of hydrogen-bond acceptors (Lipinski definition) is 7. The number of carbonyl (C=O) groups is 1. The minimum absolute atomic E-state index is 0.0379. The monoisotopic (exact) mass is 416 g/mol. The number of aliphatic hydroxyl groups excluding tert-OH is 2. The molecule has 0 saturated heterocycles. The fourth-order valence-electron chi connectivity index (χ4n) is 4.69. The maximum Gasteiger partial charge on any atom is 0.217 e. The summed E-state index contributed by atoms with van der Waals surface area (Å²) in [5.74, 6) is 0.115. The third-order valence-corrected chi connectivity index (χ3v) is 5.90. The standard InChI is InChI=1S/C23H32N2O5/c1-5-8-16(25-30-6-2)22-18(27)11-14(12-19(22)28)21-15-9-7-10-17(26)20(15)13(3)24-23(21)29-4/h14,17,26-27H,5-12H2,1-4H3. The van der Waals surface area contributed by atoms with Gasteiger partial charge in [0.15, 0.2) is 5.78 Å². The number of oxime groups is 1. The molecule has 3 rings (SSSR count). The van der Waals surface area contributed by atoms with Gasteiger partial charge >= 0.3 is 0 Å². The summed E-state index contributed by atoms with van der Waals surface area (Å²) < 4.78 is 5.57. The molecule has 2 atom stereocenters. The molecule has 2 aliphatic rings. The van der Waals surface area contributed by atoms with Gasteiger partial charge in [0.2, 0.25) is 5.88 Å². The fourth-order valence-corrected chi connectivity index (χ4v) is 4.69. The lowest BCUT2D eigenvalue weighted by Crippen LogP contribution is -2.26. The van der Waals surface area contributed by atoms with Gasteiger partial charge in [-0.3, -0.25) is 4.79 Å². The lowest BCUT2D eigenvalue weighted by Gasteiger charge is -2.31. The molecule has 0 radical (unpaired) electrons. The molecule has 0 bridgehead atoms. The Labute approximate surface area is 177 Å². The molecule has 2 N–H and O–H groups in total. The number of nitrogens with zero attached hydrogens (tertiary/aromatic N) is 2. The third kappa shape index (κ3) is 4.21. The van der Waals surface area contributed by atoms with Gasteiger partial charge in [-0.1, -0.05) is 18.5 Å². The molecule has 1 aromatic rings. The number of aryl methyl sites for hydroxylation is 1. The van der Waals surface area contributed by atoms with Crippen LogP contribution >= 0.6 is 0 Å². The first-order valence-corrected chi connectivity index (χ1v) is 10.8. The first kappa shape index (κ1) is 22.3. The van der Waals surface area contributed by atoms with E-state index in [1.54, 1.807) is 7.11 Å². The number of ether oxygens (including phenoxy) is 1. The number of allylic oxidation sites excluding steroid dienone is 2. The molecule has 0 saturated carbocycles. The van der Waals surface area contributed by atoms with Crippen molar-refractivity contribution in [3.63, 3.8) is 0 Å². The number of Topliss-reactive ketones (excluding diaryl/α,β-unsaturated/α-hetero) is 1. The Hall–Kier alpha value is -2.41. The first-order chi connectivity index (χ1) is 14.4. The van der Waals surface area contributed by atoms with Gasteiger partial charge in [-0.15, -0.1) is 0 Å². The minimum Gasteiger partial charge on any atom is -0.511 e. The SMILES string of the molecule is CCCC(=NOCC)C1=C(O)CC(c2c(OC)nc(C)c3c2CCCC3O)CC1=O. The van der Waals surface area contributed by atoms with Crippen LogP contribution in [0.2, 0.25) is 0 Å². The fraction of sp³-hybridized carbons (Fsp3) is 0.609. The van der Waals surface area contributed by atoms with Crippen molar-refractivity contribution in [2.24, 2.45) is 5.16 Å². The van der Waals surface area contributed by atoms with Crippen LogP contribution < -0.4 is 4.74 Å². The van der Waals surface area contributed by atoms with Crippen LogP contribution in [0, 0.1) is 6.92 Å². The van der Waals surface area contributed by atoms with Crippen molar-refractivity contribution in [3.05, 3.63) is 33.7 Å². The van der Waals surface area contributed by atoms with Crippen LogP contribution in [0.4, 0.5) is 0 Å². The number of methoxy groups -OCH3 is 1. The molecule has 0 aromatic carbocycles. The lowest BCUT2D eigenvalue weighted by molar-refractivity contribution is -0.116. The molecular weight excluding hydrogens is 384 g/mol. The summed E-state index contributed by atoms with van der Waals surface area (Å²) in [6.07, 6.45) is 3.71. The van der Waals surface area contributed by atoms with Gasteiger partial charge in [-0.05, 0) is 45.1 Å². The van der Waals surface area contributed by atoms with E-state index in [2.05, 4.69) is 10.1 Å². The number of aromatic nitrogens is 1. The molecule has 1 heterocycles. The van der Waals surface area contributed by atoms with Crippen molar-refractivity contribution in [2.75, 3.05) is 13.7 Å². The Balaban J connectivity index is 2.05. The van der Waals surface area contributed by atoms with Crippen molar-refractivity contribution in [3.8, 4) is 5.88 Å². The summed E-state index contributed by atoms with van der Waals surface area (Å²) in [7, 11) is 1.57. The molecule has 7 nitrogen and oxygen atoms in total. The van der Waals surface area contributed by atoms with Crippen molar-refractivity contribution in [1.29, 1.82) is 0 Å². The van der Waals surface area contributed by atoms with Crippen LogP contribution in [-0.2, 0) is 16.1 Å². The Morgan fingerprint density at radius 1 is 1.27 bits per heavy atom. The largest absolute Gasteiger partial charge is 0.511 e. The van der Waals surface area contributed by atoms with Crippen molar-refractivity contribution in [2.45, 2.75) is 77.7 Å². The number of aliphatic hydroxyl groups is 2. The van der Waals surface area contributed by atoms with Gasteiger partial charge in [-0.2, -0.15) is 0 Å². The lowest BCUT2D eigenvalue weighted by atomic mass is 9.76. The van der Waals surface area contributed by atoms with Crippen LogP contribution in [-0.4, -0.2) is 40.4 Å². The molecule has 2 aliphatic carbocycles. The number of hydrogen-bond donors (Lipinski definition) is 2. The van der Waals surface area contributed by atoms with Gasteiger partial charge in [0, 0.05) is 35.6 Å². The molecule has 0 amide bonds. The highest BCUT2D eigenvalue weighted by molar-refractivity contribution is 6.23. The molecule has 0 fully saturated rings. The normalized spacial score (nSPS) is 22.2. The summed E-state index contributed by atoms with van der Waals surface area (Å²) in [4.78, 5) is 22.8. The maximum atomic E-state index is 13.1. The summed E-state index contributed by atoms with van der Waals surface area (Å²) in [6.45, 7) is 6.10. The second kappa shape index (κ2) is 9.60. The van der Waals surface area contributed by atoms with Crippen molar-refractivity contribution < 1.29 is 24.6 Å². The Kier molecular flexibility index (Phi) is 7.13. The van der Waals surface area contributed by atoms with Crippen LogP contribution in [0.3, 0.4) is 0 Å². The minimum atomic E-state index is -0.556. The zero-order valence-corrected chi connectivity index (χ0v) is 18.3. The molecule has 7 heteroatoms. The smallest absolute Gasteiger partial charge is 0.217 e. The van der Waals surface area contributed by atoms with Crippen LogP contribution in [0.15, 0.2) is 16.5 Å². The summed E-state index contributed by atoms with van der Waals surface area (Å²) in [5.41, 5.74) is 4.26. The Morgan fingerprint density at radius 2 is 2.03 bits per heavy atom. The van der Waals surface area contributed by atoms with E-state index >= 15 is 0 Å². The summed E-state index contributed by atoms with van der Waals surface area (Å²) in [6, 6.07) is 0. The zero-order valence-electron chi connectivity index (χ0n) is 18.3. The van der Waals surface area contributed by atoms with Crippen molar-refractivity contribution >= 4 is 11.5 Å². The molecule has 30 heavy (non-hydrogen) atoms. The van der Waals surface area contributed by atoms with Gasteiger partial charge < -0.3 is 19.8 Å². The first-order valence-electron chi connectivity index (χ1n) is 10.8. The van der Waals surface area contributed by atoms with Crippen LogP contribution in [0.5, 0.6) is 5.88 Å². The zero-order chi connectivity index (χ0) is 21.8. The topological polar surface area (TPSA) is 101 Å². The van der Waals surface area contributed by atoms with E-state index in [1.807, 2.05) is 20.8 Å². The van der Waals surface area contributed by atoms with Crippen LogP contribution in [0.25, 0.3) is 0 Å². The van der Waals surface area contributed by atoms with E-state index in [1.165, 1.54) is 0 Å². The van der Waals surface area contributed by atoms with Gasteiger partial charge in [0.05, 0.1) is 24.5 Å². The van der Waals surface area contributed by atoms with E-state index in [0.717, 1.165) is 41.6 Å². The van der Waals surface area contributed by atoms with Crippen LogP contribution in [0.1, 0.15) is 86.8 Å². The van der Waals surface area contributed by atoms with Gasteiger partial charge in [0.25, 0.3) is 0 Å². The number of pyridine rings is 1. The number of fused-ring (bicyclic) bond motifs is 1. The van der Waals surface area contributed by atoms with Gasteiger partial charge in [0.1, 0.15) is 12.4 Å². The predicted octanol–water partition coefficient (Wildman–Crippen LogP) is 4.22. The summed E-state index contributed by atoms with van der Waals surface area (Å²) >= 11 is 0. The average Bonchev–Trinajstić information content (AvgIpc) is 2.71. The number of carbonyl (C=O) groups excluding carboxylic acids is 1. The van der Waals surface area contributed by atoms with Crippen molar-refractivity contribution in [1.82, 2.24) is 4.98 Å². The van der Waals surface area contributed by atoms with E-state index < -0.39 is 6.10 Å². The quantitative estimate of drug-likeness (QED) is 0.510. The highest BCUT2D eigenvalue weighted by Gasteiger charge is 2.36. The number of rotatable bonds is 7. The summed E-state index contributed by atoms with van der Waals surface area (Å²) in [5, 5.41) is 25.5. The Bertz CT molecular complexity index is 875. The molecule has 0 spiro atoms.